The van der Waals surface area contributed by atoms with E-state index in [0.717, 1.165) is 33.1 Å². The van der Waals surface area contributed by atoms with E-state index in [0.29, 0.717) is 0 Å². The second-order valence-electron chi connectivity index (χ2n) is 4.81. The van der Waals surface area contributed by atoms with Crippen LogP contribution < -0.4 is 0 Å². The van der Waals surface area contributed by atoms with Gasteiger partial charge in [-0.15, -0.1) is 0 Å². The predicted octanol–water partition coefficient (Wildman–Crippen LogP) is 3.44. The maximum atomic E-state index is 4.47. The summed E-state index contributed by atoms with van der Waals surface area (Å²) in [5.41, 5.74) is 2.60. The summed E-state index contributed by atoms with van der Waals surface area (Å²) in [5, 5.41) is 0. The first kappa shape index (κ1) is 14.5. The summed E-state index contributed by atoms with van der Waals surface area (Å²) in [5.74, 6) is 7.87. The molecule has 3 heterocycles. The molecule has 108 valence electrons. The third-order valence-corrected chi connectivity index (χ3v) is 3.54. The molecule has 0 aliphatic rings. The zero-order valence-corrected chi connectivity index (χ0v) is 13.8. The molecule has 0 spiro atoms. The van der Waals surface area contributed by atoms with E-state index in [4.69, 9.17) is 0 Å². The van der Waals surface area contributed by atoms with Crippen LogP contribution in [-0.4, -0.2) is 19.5 Å². The fraction of sp³-hybridized carbons (Fsp3) is 0.118. The molecule has 3 aromatic rings. The minimum absolute atomic E-state index is 0.719. The number of rotatable bonds is 1. The van der Waals surface area contributed by atoms with E-state index in [1.54, 1.807) is 12.4 Å². The summed E-state index contributed by atoms with van der Waals surface area (Å²) < 4.78 is 2.87. The number of nitrogens with zero attached hydrogens (tertiary/aromatic N) is 4. The molecule has 0 radical (unpaired) electrons. The molecule has 0 aliphatic carbocycles. The van der Waals surface area contributed by atoms with Gasteiger partial charge in [-0.25, -0.2) is 9.97 Å². The highest BCUT2D eigenvalue weighted by molar-refractivity contribution is 9.10. The molecule has 0 saturated carbocycles. The third kappa shape index (κ3) is 3.23. The molecule has 0 saturated heterocycles. The molecule has 3 aromatic heterocycles. The van der Waals surface area contributed by atoms with Crippen LogP contribution in [0.3, 0.4) is 0 Å². The summed E-state index contributed by atoms with van der Waals surface area (Å²) in [4.78, 5) is 13.0. The fourth-order valence-electron chi connectivity index (χ4n) is 2.03. The van der Waals surface area contributed by atoms with E-state index in [-0.39, 0.29) is 0 Å². The summed E-state index contributed by atoms with van der Waals surface area (Å²) in [6.45, 7) is 3.88. The monoisotopic (exact) mass is 352 g/mol. The first-order valence-corrected chi connectivity index (χ1v) is 7.54. The van der Waals surface area contributed by atoms with E-state index >= 15 is 0 Å². The number of aromatic nitrogens is 4. The molecular weight excluding hydrogens is 340 g/mol. The Hall–Kier alpha value is -2.45. The van der Waals surface area contributed by atoms with Gasteiger partial charge < -0.3 is 0 Å². The number of aryl methyl sites for hydroxylation is 2. The largest absolute Gasteiger partial charge is 0.287 e. The van der Waals surface area contributed by atoms with E-state index in [2.05, 4.69) is 42.7 Å². The Labute approximate surface area is 137 Å². The second-order valence-corrected chi connectivity index (χ2v) is 5.73. The van der Waals surface area contributed by atoms with Gasteiger partial charge in [0.15, 0.2) is 0 Å². The lowest BCUT2D eigenvalue weighted by Gasteiger charge is -2.02. The van der Waals surface area contributed by atoms with Crippen LogP contribution in [-0.2, 0) is 0 Å². The Kier molecular flexibility index (Phi) is 4.03. The van der Waals surface area contributed by atoms with Crippen molar-refractivity contribution in [3.8, 4) is 17.7 Å². The number of hydrogen-bond donors (Lipinski definition) is 0. The Balaban J connectivity index is 1.91. The van der Waals surface area contributed by atoms with Crippen LogP contribution in [0.2, 0.25) is 0 Å². The highest BCUT2D eigenvalue weighted by Gasteiger charge is 2.05. The molecule has 0 aliphatic heterocycles. The van der Waals surface area contributed by atoms with Gasteiger partial charge in [-0.1, -0.05) is 5.92 Å². The molecule has 22 heavy (non-hydrogen) atoms. The van der Waals surface area contributed by atoms with E-state index in [9.17, 15) is 0 Å². The van der Waals surface area contributed by atoms with Crippen LogP contribution in [0.4, 0.5) is 0 Å². The van der Waals surface area contributed by atoms with Crippen molar-refractivity contribution in [3.05, 3.63) is 70.1 Å². The maximum absolute atomic E-state index is 4.47. The SMILES string of the molecule is Cc1cc(C#Cc2cn(-c3ccc(Br)cn3)c(C)n2)ccn1. The second kappa shape index (κ2) is 6.12. The first-order chi connectivity index (χ1) is 10.6. The van der Waals surface area contributed by atoms with Crippen LogP contribution in [0.1, 0.15) is 22.8 Å². The van der Waals surface area contributed by atoms with Crippen molar-refractivity contribution in [2.75, 3.05) is 0 Å². The van der Waals surface area contributed by atoms with Gasteiger partial charge in [-0.2, -0.15) is 0 Å². The van der Waals surface area contributed by atoms with E-state index in [1.165, 1.54) is 0 Å². The summed E-state index contributed by atoms with van der Waals surface area (Å²) in [6.07, 6.45) is 5.42. The first-order valence-electron chi connectivity index (χ1n) is 6.74. The Bertz CT molecular complexity index is 870. The average molecular weight is 353 g/mol. The molecule has 0 aromatic carbocycles. The Morgan fingerprint density at radius 1 is 1.09 bits per heavy atom. The average Bonchev–Trinajstić information content (AvgIpc) is 2.87. The van der Waals surface area contributed by atoms with Gasteiger partial charge in [0.05, 0.1) is 0 Å². The minimum Gasteiger partial charge on any atom is -0.287 e. The normalized spacial score (nSPS) is 10.1. The van der Waals surface area contributed by atoms with Crippen molar-refractivity contribution in [2.24, 2.45) is 0 Å². The molecule has 4 nitrogen and oxygen atoms in total. The molecule has 0 bridgehead atoms. The summed E-state index contributed by atoms with van der Waals surface area (Å²) in [6, 6.07) is 7.72. The van der Waals surface area contributed by atoms with Crippen molar-refractivity contribution in [1.82, 2.24) is 19.5 Å². The topological polar surface area (TPSA) is 43.6 Å². The Morgan fingerprint density at radius 2 is 1.95 bits per heavy atom. The van der Waals surface area contributed by atoms with Gasteiger partial charge >= 0.3 is 0 Å². The van der Waals surface area contributed by atoms with Gasteiger partial charge in [0.1, 0.15) is 17.3 Å². The zero-order chi connectivity index (χ0) is 15.5. The van der Waals surface area contributed by atoms with Crippen molar-refractivity contribution < 1.29 is 0 Å². The van der Waals surface area contributed by atoms with Crippen molar-refractivity contribution >= 4 is 15.9 Å². The number of imidazole rings is 1. The van der Waals surface area contributed by atoms with E-state index in [1.807, 2.05) is 48.9 Å². The van der Waals surface area contributed by atoms with Crippen LogP contribution >= 0.6 is 15.9 Å². The molecule has 0 amide bonds. The minimum atomic E-state index is 0.719. The molecule has 5 heteroatoms. The van der Waals surface area contributed by atoms with Crippen LogP contribution in [0, 0.1) is 25.7 Å². The highest BCUT2D eigenvalue weighted by atomic mass is 79.9. The lowest BCUT2D eigenvalue weighted by atomic mass is 10.2. The molecular formula is C17H13BrN4. The van der Waals surface area contributed by atoms with Crippen LogP contribution in [0.5, 0.6) is 0 Å². The van der Waals surface area contributed by atoms with Crippen molar-refractivity contribution in [1.29, 1.82) is 0 Å². The third-order valence-electron chi connectivity index (χ3n) is 3.07. The maximum Gasteiger partial charge on any atom is 0.138 e. The van der Waals surface area contributed by atoms with Crippen molar-refractivity contribution in [2.45, 2.75) is 13.8 Å². The zero-order valence-electron chi connectivity index (χ0n) is 12.2. The number of hydrogen-bond acceptors (Lipinski definition) is 3. The van der Waals surface area contributed by atoms with Crippen LogP contribution in [0.15, 0.2) is 47.3 Å². The van der Waals surface area contributed by atoms with Gasteiger partial charge in [0.25, 0.3) is 0 Å². The molecule has 0 unspecified atom stereocenters. The van der Waals surface area contributed by atoms with Crippen molar-refractivity contribution in [3.63, 3.8) is 0 Å². The standard InChI is InChI=1S/C17H13BrN4/c1-12-9-14(7-8-19-12)3-5-16-11-22(13(2)21-16)17-6-4-15(18)10-20-17/h4,6-11H,1-2H3. The predicted molar refractivity (Wildman–Crippen MR) is 88.8 cm³/mol. The summed E-state index contributed by atoms with van der Waals surface area (Å²) >= 11 is 3.38. The summed E-state index contributed by atoms with van der Waals surface area (Å²) in [7, 11) is 0. The van der Waals surface area contributed by atoms with Crippen LogP contribution in [0.25, 0.3) is 5.82 Å². The molecule has 0 N–H and O–H groups in total. The van der Waals surface area contributed by atoms with Gasteiger partial charge in [-0.3, -0.25) is 9.55 Å². The quantitative estimate of drug-likeness (QED) is 0.630. The smallest absolute Gasteiger partial charge is 0.138 e. The van der Waals surface area contributed by atoms with Gasteiger partial charge in [-0.05, 0) is 60.0 Å². The van der Waals surface area contributed by atoms with Gasteiger partial charge in [0.2, 0.25) is 0 Å². The van der Waals surface area contributed by atoms with Gasteiger partial charge in [0, 0.05) is 34.3 Å². The number of halogens is 1. The molecule has 0 atom stereocenters. The molecule has 0 fully saturated rings. The lowest BCUT2D eigenvalue weighted by molar-refractivity contribution is 0.931. The highest BCUT2D eigenvalue weighted by Crippen LogP contribution is 2.13. The van der Waals surface area contributed by atoms with E-state index < -0.39 is 0 Å². The molecule has 3 rings (SSSR count). The number of pyridine rings is 2. The Morgan fingerprint density at radius 3 is 2.68 bits per heavy atom. The fourth-order valence-corrected chi connectivity index (χ4v) is 2.27. The lowest BCUT2D eigenvalue weighted by Crippen LogP contribution is -1.97.